The van der Waals surface area contributed by atoms with E-state index in [2.05, 4.69) is 16.0 Å². The largest absolute Gasteiger partial charge is 0.452 e. The second-order valence-electron chi connectivity index (χ2n) is 6.69. The molecule has 27 heavy (non-hydrogen) atoms. The van der Waals surface area contributed by atoms with Gasteiger partial charge in [-0.3, -0.25) is 4.79 Å². The summed E-state index contributed by atoms with van der Waals surface area (Å²) in [5, 5.41) is 8.15. The lowest BCUT2D eigenvalue weighted by molar-refractivity contribution is -0.124. The van der Waals surface area contributed by atoms with Crippen molar-refractivity contribution >= 4 is 17.9 Å². The Hall–Kier alpha value is -2.61. The van der Waals surface area contributed by atoms with Crippen LogP contribution in [-0.2, 0) is 20.8 Å². The van der Waals surface area contributed by atoms with Gasteiger partial charge in [0.15, 0.2) is 6.61 Å². The Morgan fingerprint density at radius 1 is 1.19 bits per heavy atom. The van der Waals surface area contributed by atoms with E-state index in [0.717, 1.165) is 25.0 Å². The van der Waals surface area contributed by atoms with Crippen LogP contribution in [0.3, 0.4) is 0 Å². The van der Waals surface area contributed by atoms with Gasteiger partial charge in [0, 0.05) is 25.7 Å². The molecular weight excluding hydrogens is 350 g/mol. The molecule has 1 aliphatic heterocycles. The number of carbonyl (C=O) groups excluding carboxylic acids is 3. The average molecular weight is 377 g/mol. The number of benzene rings is 1. The predicted octanol–water partition coefficient (Wildman–Crippen LogP) is 1.35. The Kier molecular flexibility index (Phi) is 8.06. The van der Waals surface area contributed by atoms with Crippen LogP contribution in [0.1, 0.15) is 42.6 Å². The molecule has 2 rings (SSSR count). The normalized spacial score (nSPS) is 16.0. The van der Waals surface area contributed by atoms with Gasteiger partial charge >= 0.3 is 12.0 Å². The van der Waals surface area contributed by atoms with Gasteiger partial charge in [0.05, 0.1) is 11.7 Å². The number of urea groups is 1. The molecule has 1 atom stereocenters. The van der Waals surface area contributed by atoms with Crippen LogP contribution in [0.25, 0.3) is 0 Å². The van der Waals surface area contributed by atoms with Gasteiger partial charge in [-0.1, -0.05) is 12.1 Å². The molecule has 1 heterocycles. The molecule has 3 amide bonds. The first-order valence-electron chi connectivity index (χ1n) is 9.13. The number of carbonyl (C=O) groups is 3. The fourth-order valence-electron chi connectivity index (χ4n) is 2.55. The average Bonchev–Trinajstić information content (AvgIpc) is 3.16. The maximum atomic E-state index is 12.0. The van der Waals surface area contributed by atoms with Crippen LogP contribution in [0.4, 0.5) is 4.79 Å². The molecule has 0 aromatic heterocycles. The fourth-order valence-corrected chi connectivity index (χ4v) is 2.55. The van der Waals surface area contributed by atoms with E-state index in [1.807, 2.05) is 13.8 Å². The molecule has 0 radical (unpaired) electrons. The van der Waals surface area contributed by atoms with Crippen LogP contribution in [0, 0.1) is 0 Å². The number of hydrogen-bond donors (Lipinski definition) is 3. The summed E-state index contributed by atoms with van der Waals surface area (Å²) in [6.45, 7) is 4.93. The van der Waals surface area contributed by atoms with Crippen molar-refractivity contribution < 1.29 is 23.9 Å². The minimum atomic E-state index is -0.570. The van der Waals surface area contributed by atoms with E-state index >= 15 is 0 Å². The third-order valence-corrected chi connectivity index (χ3v) is 3.95. The molecule has 0 saturated carbocycles. The van der Waals surface area contributed by atoms with Gasteiger partial charge in [-0.2, -0.15) is 0 Å². The third kappa shape index (κ3) is 7.65. The zero-order valence-electron chi connectivity index (χ0n) is 15.7. The zero-order valence-corrected chi connectivity index (χ0v) is 15.7. The second kappa shape index (κ2) is 10.5. The van der Waals surface area contributed by atoms with E-state index in [1.165, 1.54) is 0 Å². The third-order valence-electron chi connectivity index (χ3n) is 3.95. The van der Waals surface area contributed by atoms with Crippen molar-refractivity contribution in [2.45, 2.75) is 45.4 Å². The van der Waals surface area contributed by atoms with E-state index in [0.29, 0.717) is 18.7 Å². The first-order chi connectivity index (χ1) is 12.9. The molecule has 1 aromatic rings. The summed E-state index contributed by atoms with van der Waals surface area (Å²) in [4.78, 5) is 35.3. The van der Waals surface area contributed by atoms with Crippen LogP contribution in [-0.4, -0.2) is 49.8 Å². The molecule has 8 heteroatoms. The highest BCUT2D eigenvalue weighted by molar-refractivity contribution is 5.91. The highest BCUT2D eigenvalue weighted by atomic mass is 16.5. The van der Waals surface area contributed by atoms with Crippen LogP contribution in [0.15, 0.2) is 24.3 Å². The highest BCUT2D eigenvalue weighted by Crippen LogP contribution is 2.10. The van der Waals surface area contributed by atoms with Crippen molar-refractivity contribution in [1.82, 2.24) is 16.0 Å². The van der Waals surface area contributed by atoms with Gasteiger partial charge in [-0.25, -0.2) is 9.59 Å². The lowest BCUT2D eigenvalue weighted by atomic mass is 10.1. The van der Waals surface area contributed by atoms with Crippen LogP contribution in [0.5, 0.6) is 0 Å². The van der Waals surface area contributed by atoms with Gasteiger partial charge in [0.1, 0.15) is 0 Å². The smallest absolute Gasteiger partial charge is 0.338 e. The summed E-state index contributed by atoms with van der Waals surface area (Å²) in [5.74, 6) is -0.921. The Morgan fingerprint density at radius 3 is 2.56 bits per heavy atom. The summed E-state index contributed by atoms with van der Waals surface area (Å²) in [6.07, 6.45) is 1.98. The molecule has 1 saturated heterocycles. The number of amides is 3. The Balaban J connectivity index is 1.69. The first kappa shape index (κ1) is 20.7. The predicted molar refractivity (Wildman–Crippen MR) is 99.2 cm³/mol. The second-order valence-corrected chi connectivity index (χ2v) is 6.69. The molecule has 1 aromatic carbocycles. The zero-order chi connectivity index (χ0) is 19.6. The minimum Gasteiger partial charge on any atom is -0.452 e. The molecule has 1 aliphatic rings. The number of nitrogens with one attached hydrogen (secondary N) is 3. The number of esters is 1. The van der Waals surface area contributed by atoms with Crippen LogP contribution >= 0.6 is 0 Å². The summed E-state index contributed by atoms with van der Waals surface area (Å²) in [7, 11) is 0. The molecule has 8 nitrogen and oxygen atoms in total. The van der Waals surface area contributed by atoms with Gasteiger partial charge in [-0.15, -0.1) is 0 Å². The Morgan fingerprint density at radius 2 is 1.93 bits per heavy atom. The van der Waals surface area contributed by atoms with Crippen molar-refractivity contribution in [3.63, 3.8) is 0 Å². The molecule has 0 bridgehead atoms. The Labute approximate surface area is 159 Å². The SMILES string of the molecule is CC(C)NC(=O)NCc1ccc(C(=O)OCC(=O)NC[C@H]2CCCO2)cc1. The van der Waals surface area contributed by atoms with E-state index < -0.39 is 5.97 Å². The van der Waals surface area contributed by atoms with Crippen molar-refractivity contribution in [1.29, 1.82) is 0 Å². The fraction of sp³-hybridized carbons (Fsp3) is 0.526. The maximum absolute atomic E-state index is 12.0. The molecule has 0 unspecified atom stereocenters. The van der Waals surface area contributed by atoms with Crippen LogP contribution < -0.4 is 16.0 Å². The summed E-state index contributed by atoms with van der Waals surface area (Å²) in [6, 6.07) is 6.47. The number of rotatable bonds is 8. The highest BCUT2D eigenvalue weighted by Gasteiger charge is 2.17. The topological polar surface area (TPSA) is 106 Å². The lowest BCUT2D eigenvalue weighted by Gasteiger charge is -2.11. The Bertz CT molecular complexity index is 639. The van der Waals surface area contributed by atoms with E-state index in [1.54, 1.807) is 24.3 Å². The standard InChI is InChI=1S/C19H27N3O5/c1-13(2)22-19(25)21-10-14-5-7-15(8-6-14)18(24)27-12-17(23)20-11-16-4-3-9-26-16/h5-8,13,16H,3-4,9-12H2,1-2H3,(H,20,23)(H2,21,22,25)/t16-/m1/s1. The summed E-state index contributed by atoms with van der Waals surface area (Å²) >= 11 is 0. The van der Waals surface area contributed by atoms with E-state index in [-0.39, 0.29) is 30.7 Å². The molecule has 0 spiro atoms. The van der Waals surface area contributed by atoms with Crippen molar-refractivity contribution in [3.8, 4) is 0 Å². The number of hydrogen-bond acceptors (Lipinski definition) is 5. The molecular formula is C19H27N3O5. The van der Waals surface area contributed by atoms with Crippen molar-refractivity contribution in [2.75, 3.05) is 19.8 Å². The molecule has 0 aliphatic carbocycles. The molecule has 3 N–H and O–H groups in total. The summed E-state index contributed by atoms with van der Waals surface area (Å²) < 4.78 is 10.4. The van der Waals surface area contributed by atoms with Crippen molar-refractivity contribution in [3.05, 3.63) is 35.4 Å². The molecule has 148 valence electrons. The van der Waals surface area contributed by atoms with Crippen molar-refractivity contribution in [2.24, 2.45) is 0 Å². The summed E-state index contributed by atoms with van der Waals surface area (Å²) in [5.41, 5.74) is 1.19. The minimum absolute atomic E-state index is 0.0495. The van der Waals surface area contributed by atoms with Gasteiger partial charge < -0.3 is 25.4 Å². The van der Waals surface area contributed by atoms with Gasteiger partial charge in [-0.05, 0) is 44.4 Å². The van der Waals surface area contributed by atoms with E-state index in [9.17, 15) is 14.4 Å². The van der Waals surface area contributed by atoms with Gasteiger partial charge in [0.2, 0.25) is 0 Å². The maximum Gasteiger partial charge on any atom is 0.338 e. The molecule has 1 fully saturated rings. The number of ether oxygens (including phenoxy) is 2. The van der Waals surface area contributed by atoms with Crippen LogP contribution in [0.2, 0.25) is 0 Å². The quantitative estimate of drug-likeness (QED) is 0.593. The monoisotopic (exact) mass is 377 g/mol. The van der Waals surface area contributed by atoms with Gasteiger partial charge in [0.25, 0.3) is 5.91 Å². The first-order valence-corrected chi connectivity index (χ1v) is 9.13. The lowest BCUT2D eigenvalue weighted by Crippen LogP contribution is -2.39. The van der Waals surface area contributed by atoms with E-state index in [4.69, 9.17) is 9.47 Å².